The summed E-state index contributed by atoms with van der Waals surface area (Å²) >= 11 is 0. The average Bonchev–Trinajstić information content (AvgIpc) is 3.15. The molecule has 5 nitrogen and oxygen atoms in total. The van der Waals surface area contributed by atoms with Crippen LogP contribution in [-0.4, -0.2) is 20.9 Å². The molecule has 0 spiro atoms. The minimum Gasteiger partial charge on any atom is -0.321 e. The second kappa shape index (κ2) is 7.03. The number of carbonyl (C=O) groups excluding carboxylic acids is 1. The van der Waals surface area contributed by atoms with Gasteiger partial charge in [-0.3, -0.25) is 4.79 Å². The van der Waals surface area contributed by atoms with E-state index in [0.29, 0.717) is 11.4 Å². The van der Waals surface area contributed by atoms with Crippen LogP contribution in [0.1, 0.15) is 10.5 Å². The van der Waals surface area contributed by atoms with E-state index in [1.165, 1.54) is 0 Å². The third-order valence-corrected chi connectivity index (χ3v) is 3.96. The number of hydrogen-bond acceptors (Lipinski definition) is 3. The topological polar surface area (TPSA) is 59.8 Å². The SMILES string of the molecule is O=C(Nc1ccccc1)c1nnn(-c2ccccc2)c1-c1ccccc1. The Kier molecular flexibility index (Phi) is 4.26. The van der Waals surface area contributed by atoms with E-state index >= 15 is 0 Å². The molecule has 0 atom stereocenters. The smallest absolute Gasteiger partial charge is 0.278 e. The normalized spacial score (nSPS) is 10.5. The maximum atomic E-state index is 12.8. The van der Waals surface area contributed by atoms with Crippen molar-refractivity contribution in [3.8, 4) is 16.9 Å². The maximum absolute atomic E-state index is 12.8. The van der Waals surface area contributed by atoms with Gasteiger partial charge in [-0.2, -0.15) is 0 Å². The minimum absolute atomic E-state index is 0.281. The van der Waals surface area contributed by atoms with Crippen LogP contribution in [0.25, 0.3) is 16.9 Å². The third-order valence-electron chi connectivity index (χ3n) is 3.96. The first-order valence-electron chi connectivity index (χ1n) is 8.26. The molecule has 1 heterocycles. The van der Waals surface area contributed by atoms with Gasteiger partial charge in [0.05, 0.1) is 5.69 Å². The molecule has 0 radical (unpaired) electrons. The zero-order valence-electron chi connectivity index (χ0n) is 13.9. The lowest BCUT2D eigenvalue weighted by atomic mass is 10.1. The molecule has 1 N–H and O–H groups in total. The molecule has 26 heavy (non-hydrogen) atoms. The summed E-state index contributed by atoms with van der Waals surface area (Å²) in [5.41, 5.74) is 3.37. The molecule has 0 saturated carbocycles. The van der Waals surface area contributed by atoms with E-state index in [4.69, 9.17) is 0 Å². The van der Waals surface area contributed by atoms with Gasteiger partial charge in [-0.25, -0.2) is 4.68 Å². The zero-order valence-corrected chi connectivity index (χ0v) is 13.9. The highest BCUT2D eigenvalue weighted by Crippen LogP contribution is 2.25. The van der Waals surface area contributed by atoms with E-state index in [-0.39, 0.29) is 11.6 Å². The number of amides is 1. The lowest BCUT2D eigenvalue weighted by Crippen LogP contribution is -2.14. The van der Waals surface area contributed by atoms with Crippen molar-refractivity contribution in [2.75, 3.05) is 5.32 Å². The highest BCUT2D eigenvalue weighted by atomic mass is 16.2. The molecule has 4 aromatic rings. The molecular formula is C21H16N4O. The number of para-hydroxylation sites is 2. The number of nitrogens with one attached hydrogen (secondary N) is 1. The van der Waals surface area contributed by atoms with Gasteiger partial charge in [0.1, 0.15) is 5.69 Å². The van der Waals surface area contributed by atoms with Crippen LogP contribution in [0.4, 0.5) is 5.69 Å². The number of benzene rings is 3. The fourth-order valence-corrected chi connectivity index (χ4v) is 2.75. The molecule has 0 fully saturated rings. The Bertz CT molecular complexity index is 1010. The van der Waals surface area contributed by atoms with Crippen molar-refractivity contribution in [2.24, 2.45) is 0 Å². The van der Waals surface area contributed by atoms with Crippen molar-refractivity contribution >= 4 is 11.6 Å². The number of nitrogens with zero attached hydrogens (tertiary/aromatic N) is 3. The molecular weight excluding hydrogens is 324 g/mol. The van der Waals surface area contributed by atoms with Crippen LogP contribution in [0.3, 0.4) is 0 Å². The first-order chi connectivity index (χ1) is 12.8. The predicted molar refractivity (Wildman–Crippen MR) is 101 cm³/mol. The molecule has 4 rings (SSSR count). The van der Waals surface area contributed by atoms with Crippen LogP contribution in [0.5, 0.6) is 0 Å². The first-order valence-corrected chi connectivity index (χ1v) is 8.26. The fraction of sp³-hybridized carbons (Fsp3) is 0. The summed E-state index contributed by atoms with van der Waals surface area (Å²) in [6.45, 7) is 0. The van der Waals surface area contributed by atoms with E-state index < -0.39 is 0 Å². The van der Waals surface area contributed by atoms with Crippen LogP contribution in [0, 0.1) is 0 Å². The lowest BCUT2D eigenvalue weighted by Gasteiger charge is -2.09. The van der Waals surface area contributed by atoms with Crippen molar-refractivity contribution in [2.45, 2.75) is 0 Å². The van der Waals surface area contributed by atoms with E-state index in [9.17, 15) is 4.79 Å². The lowest BCUT2D eigenvalue weighted by molar-refractivity contribution is 0.102. The Morgan fingerprint density at radius 2 is 1.35 bits per heavy atom. The standard InChI is InChI=1S/C21H16N4O/c26-21(22-17-12-6-2-7-13-17)19-20(16-10-4-1-5-11-16)25(24-23-19)18-14-8-3-9-15-18/h1-15H,(H,22,26). The Morgan fingerprint density at radius 1 is 0.769 bits per heavy atom. The molecule has 126 valence electrons. The van der Waals surface area contributed by atoms with Gasteiger partial charge in [0.2, 0.25) is 0 Å². The van der Waals surface area contributed by atoms with E-state index in [0.717, 1.165) is 11.3 Å². The van der Waals surface area contributed by atoms with Crippen molar-refractivity contribution in [3.05, 3.63) is 96.7 Å². The first kappa shape index (κ1) is 15.8. The molecule has 1 amide bonds. The number of hydrogen-bond donors (Lipinski definition) is 1. The molecule has 0 bridgehead atoms. The zero-order chi connectivity index (χ0) is 17.8. The quantitative estimate of drug-likeness (QED) is 0.606. The highest BCUT2D eigenvalue weighted by Gasteiger charge is 2.22. The third kappa shape index (κ3) is 3.10. The maximum Gasteiger partial charge on any atom is 0.278 e. The van der Waals surface area contributed by atoms with Crippen LogP contribution in [0.15, 0.2) is 91.0 Å². The Morgan fingerprint density at radius 3 is 2.00 bits per heavy atom. The van der Waals surface area contributed by atoms with Crippen LogP contribution in [0.2, 0.25) is 0 Å². The Hall–Kier alpha value is -3.73. The van der Waals surface area contributed by atoms with Gasteiger partial charge in [-0.15, -0.1) is 5.10 Å². The van der Waals surface area contributed by atoms with E-state index in [1.54, 1.807) is 4.68 Å². The van der Waals surface area contributed by atoms with Crippen LogP contribution < -0.4 is 5.32 Å². The molecule has 5 heteroatoms. The number of carbonyl (C=O) groups is 1. The van der Waals surface area contributed by atoms with Crippen molar-refractivity contribution in [1.29, 1.82) is 0 Å². The molecule has 0 unspecified atom stereocenters. The Labute approximate surface area is 150 Å². The monoisotopic (exact) mass is 340 g/mol. The summed E-state index contributed by atoms with van der Waals surface area (Å²) in [4.78, 5) is 12.8. The fourth-order valence-electron chi connectivity index (χ4n) is 2.75. The van der Waals surface area contributed by atoms with Crippen LogP contribution >= 0.6 is 0 Å². The van der Waals surface area contributed by atoms with Crippen molar-refractivity contribution < 1.29 is 4.79 Å². The van der Waals surface area contributed by atoms with Gasteiger partial charge in [0, 0.05) is 11.3 Å². The molecule has 0 saturated heterocycles. The van der Waals surface area contributed by atoms with Gasteiger partial charge < -0.3 is 5.32 Å². The summed E-state index contributed by atoms with van der Waals surface area (Å²) in [6, 6.07) is 28.6. The summed E-state index contributed by atoms with van der Waals surface area (Å²) < 4.78 is 1.69. The summed E-state index contributed by atoms with van der Waals surface area (Å²) in [5.74, 6) is -0.294. The number of anilines is 1. The second-order valence-corrected chi connectivity index (χ2v) is 5.72. The molecule has 0 aliphatic rings. The Balaban J connectivity index is 1.80. The summed E-state index contributed by atoms with van der Waals surface area (Å²) in [7, 11) is 0. The van der Waals surface area contributed by atoms with E-state index in [2.05, 4.69) is 15.6 Å². The largest absolute Gasteiger partial charge is 0.321 e. The molecule has 0 aliphatic heterocycles. The van der Waals surface area contributed by atoms with Crippen LogP contribution in [-0.2, 0) is 0 Å². The van der Waals surface area contributed by atoms with Gasteiger partial charge in [0.15, 0.2) is 5.69 Å². The van der Waals surface area contributed by atoms with Crippen molar-refractivity contribution in [1.82, 2.24) is 15.0 Å². The molecule has 0 aliphatic carbocycles. The van der Waals surface area contributed by atoms with Gasteiger partial charge in [0.25, 0.3) is 5.91 Å². The average molecular weight is 340 g/mol. The minimum atomic E-state index is -0.294. The summed E-state index contributed by atoms with van der Waals surface area (Å²) in [5, 5.41) is 11.3. The van der Waals surface area contributed by atoms with Gasteiger partial charge in [-0.1, -0.05) is 71.9 Å². The van der Waals surface area contributed by atoms with Crippen molar-refractivity contribution in [3.63, 3.8) is 0 Å². The summed E-state index contributed by atoms with van der Waals surface area (Å²) in [6.07, 6.45) is 0. The van der Waals surface area contributed by atoms with Gasteiger partial charge >= 0.3 is 0 Å². The molecule has 1 aromatic heterocycles. The number of rotatable bonds is 4. The second-order valence-electron chi connectivity index (χ2n) is 5.72. The predicted octanol–water partition coefficient (Wildman–Crippen LogP) is 4.19. The number of aromatic nitrogens is 3. The molecule has 3 aromatic carbocycles. The van der Waals surface area contributed by atoms with Gasteiger partial charge in [-0.05, 0) is 24.3 Å². The van der Waals surface area contributed by atoms with E-state index in [1.807, 2.05) is 91.0 Å². The highest BCUT2D eigenvalue weighted by molar-refractivity contribution is 6.06.